The van der Waals surface area contributed by atoms with E-state index in [9.17, 15) is 4.79 Å². The molecule has 0 fully saturated rings. The average Bonchev–Trinajstić information content (AvgIpc) is 2.54. The number of hydrogen-bond acceptors (Lipinski definition) is 4. The molecular weight excluding hydrogens is 268 g/mol. The van der Waals surface area contributed by atoms with Gasteiger partial charge in [-0.1, -0.05) is 12.1 Å². The predicted molar refractivity (Wildman–Crippen MR) is 80.6 cm³/mol. The average molecular weight is 286 g/mol. The fourth-order valence-corrected chi connectivity index (χ4v) is 2.02. The van der Waals surface area contributed by atoms with Crippen LogP contribution >= 0.6 is 0 Å². The number of ketones is 1. The van der Waals surface area contributed by atoms with Crippen molar-refractivity contribution in [3.05, 3.63) is 53.6 Å². The normalized spacial score (nSPS) is 10.0. The van der Waals surface area contributed by atoms with Gasteiger partial charge in [0.15, 0.2) is 17.3 Å². The summed E-state index contributed by atoms with van der Waals surface area (Å²) in [5.74, 6) is 1.74. The highest BCUT2D eigenvalue weighted by molar-refractivity contribution is 6.09. The Balaban J connectivity index is 2.36. The van der Waals surface area contributed by atoms with Crippen LogP contribution in [0.1, 0.15) is 22.8 Å². The highest BCUT2D eigenvalue weighted by Crippen LogP contribution is 2.29. The van der Waals surface area contributed by atoms with E-state index in [1.54, 1.807) is 56.7 Å². The van der Waals surface area contributed by atoms with Crippen molar-refractivity contribution in [2.45, 2.75) is 6.92 Å². The molecule has 0 atom stereocenters. The van der Waals surface area contributed by atoms with Gasteiger partial charge in [-0.3, -0.25) is 4.79 Å². The second-order valence-electron chi connectivity index (χ2n) is 4.36. The smallest absolute Gasteiger partial charge is 0.193 e. The van der Waals surface area contributed by atoms with Gasteiger partial charge in [-0.15, -0.1) is 0 Å². The van der Waals surface area contributed by atoms with E-state index in [1.165, 1.54) is 0 Å². The van der Waals surface area contributed by atoms with Crippen LogP contribution in [0.4, 0.5) is 0 Å². The van der Waals surface area contributed by atoms with Gasteiger partial charge in [-0.05, 0) is 37.3 Å². The van der Waals surface area contributed by atoms with Crippen molar-refractivity contribution in [3.63, 3.8) is 0 Å². The number of rotatable bonds is 6. The van der Waals surface area contributed by atoms with Crippen LogP contribution in [0.3, 0.4) is 0 Å². The van der Waals surface area contributed by atoms with Gasteiger partial charge in [-0.25, -0.2) is 0 Å². The molecule has 0 amide bonds. The molecule has 2 rings (SSSR count). The van der Waals surface area contributed by atoms with Crippen molar-refractivity contribution in [1.82, 2.24) is 0 Å². The maximum absolute atomic E-state index is 12.5. The summed E-state index contributed by atoms with van der Waals surface area (Å²) in [6.45, 7) is 2.39. The molecule has 0 N–H and O–H groups in total. The summed E-state index contributed by atoms with van der Waals surface area (Å²) in [4.78, 5) is 12.5. The third-order valence-corrected chi connectivity index (χ3v) is 3.06. The molecular formula is C17H18O4. The SMILES string of the molecule is CCOc1cc(C(=O)c2cccc(OC)c2)ccc1OC. The van der Waals surface area contributed by atoms with Crippen molar-refractivity contribution < 1.29 is 19.0 Å². The first-order chi connectivity index (χ1) is 10.2. The van der Waals surface area contributed by atoms with E-state index < -0.39 is 0 Å². The fourth-order valence-electron chi connectivity index (χ4n) is 2.02. The van der Waals surface area contributed by atoms with Gasteiger partial charge < -0.3 is 14.2 Å². The fraction of sp³-hybridized carbons (Fsp3) is 0.235. The number of methoxy groups -OCH3 is 2. The zero-order chi connectivity index (χ0) is 15.2. The standard InChI is InChI=1S/C17H18O4/c1-4-21-16-11-13(8-9-15(16)20-3)17(18)12-6-5-7-14(10-12)19-2/h5-11H,4H2,1-3H3. The Hall–Kier alpha value is -2.49. The van der Waals surface area contributed by atoms with Crippen molar-refractivity contribution >= 4 is 5.78 Å². The van der Waals surface area contributed by atoms with Gasteiger partial charge in [0.25, 0.3) is 0 Å². The molecule has 0 aliphatic carbocycles. The second kappa shape index (κ2) is 6.79. The van der Waals surface area contributed by atoms with E-state index in [2.05, 4.69) is 0 Å². The molecule has 0 saturated heterocycles. The van der Waals surface area contributed by atoms with Crippen molar-refractivity contribution in [3.8, 4) is 17.2 Å². The molecule has 4 heteroatoms. The summed E-state index contributed by atoms with van der Waals surface area (Å²) < 4.78 is 15.9. The van der Waals surface area contributed by atoms with Crippen LogP contribution in [-0.4, -0.2) is 26.6 Å². The number of carbonyl (C=O) groups is 1. The van der Waals surface area contributed by atoms with Crippen molar-refractivity contribution in [2.24, 2.45) is 0 Å². The highest BCUT2D eigenvalue weighted by atomic mass is 16.5. The molecule has 4 nitrogen and oxygen atoms in total. The van der Waals surface area contributed by atoms with Gasteiger partial charge in [0, 0.05) is 11.1 Å². The lowest BCUT2D eigenvalue weighted by Gasteiger charge is -2.11. The third-order valence-electron chi connectivity index (χ3n) is 3.06. The molecule has 0 aliphatic rings. The summed E-state index contributed by atoms with van der Waals surface area (Å²) in [5.41, 5.74) is 1.12. The second-order valence-corrected chi connectivity index (χ2v) is 4.36. The summed E-state index contributed by atoms with van der Waals surface area (Å²) in [6.07, 6.45) is 0. The minimum atomic E-state index is -0.0856. The minimum absolute atomic E-state index is 0.0856. The highest BCUT2D eigenvalue weighted by Gasteiger charge is 2.13. The zero-order valence-electron chi connectivity index (χ0n) is 12.4. The Morgan fingerprint density at radius 2 is 1.71 bits per heavy atom. The number of hydrogen-bond donors (Lipinski definition) is 0. The Bertz CT molecular complexity index is 634. The lowest BCUT2D eigenvalue weighted by Crippen LogP contribution is -2.03. The maximum atomic E-state index is 12.5. The van der Waals surface area contributed by atoms with E-state index in [0.29, 0.717) is 35.0 Å². The van der Waals surface area contributed by atoms with Crippen LogP contribution in [0.2, 0.25) is 0 Å². The van der Waals surface area contributed by atoms with Crippen molar-refractivity contribution in [2.75, 3.05) is 20.8 Å². The van der Waals surface area contributed by atoms with Gasteiger partial charge in [0.2, 0.25) is 0 Å². The monoisotopic (exact) mass is 286 g/mol. The Morgan fingerprint density at radius 1 is 0.952 bits per heavy atom. The van der Waals surface area contributed by atoms with Crippen LogP contribution in [0.25, 0.3) is 0 Å². The predicted octanol–water partition coefficient (Wildman–Crippen LogP) is 3.33. The maximum Gasteiger partial charge on any atom is 0.193 e. The lowest BCUT2D eigenvalue weighted by atomic mass is 10.0. The first kappa shape index (κ1) is 14.9. The van der Waals surface area contributed by atoms with E-state index in [0.717, 1.165) is 0 Å². The molecule has 2 aromatic carbocycles. The Labute approximate surface area is 124 Å². The van der Waals surface area contributed by atoms with E-state index in [1.807, 2.05) is 6.92 Å². The molecule has 0 radical (unpaired) electrons. The molecule has 0 unspecified atom stereocenters. The summed E-state index contributed by atoms with van der Waals surface area (Å²) in [6, 6.07) is 12.2. The van der Waals surface area contributed by atoms with Gasteiger partial charge >= 0.3 is 0 Å². The molecule has 0 aromatic heterocycles. The molecule has 0 spiro atoms. The molecule has 2 aromatic rings. The largest absolute Gasteiger partial charge is 0.497 e. The van der Waals surface area contributed by atoms with Gasteiger partial charge in [0.05, 0.1) is 20.8 Å². The summed E-state index contributed by atoms with van der Waals surface area (Å²) >= 11 is 0. The molecule has 0 bridgehead atoms. The van der Waals surface area contributed by atoms with Gasteiger partial charge in [0.1, 0.15) is 5.75 Å². The molecule has 0 saturated carbocycles. The number of ether oxygens (including phenoxy) is 3. The van der Waals surface area contributed by atoms with Crippen LogP contribution < -0.4 is 14.2 Å². The Morgan fingerprint density at radius 3 is 2.38 bits per heavy atom. The van der Waals surface area contributed by atoms with Crippen LogP contribution in [0.15, 0.2) is 42.5 Å². The molecule has 0 aliphatic heterocycles. The van der Waals surface area contributed by atoms with Crippen LogP contribution in [0.5, 0.6) is 17.2 Å². The molecule has 0 heterocycles. The Kier molecular flexibility index (Phi) is 4.82. The van der Waals surface area contributed by atoms with Crippen LogP contribution in [0, 0.1) is 0 Å². The minimum Gasteiger partial charge on any atom is -0.497 e. The van der Waals surface area contributed by atoms with Gasteiger partial charge in [-0.2, -0.15) is 0 Å². The third kappa shape index (κ3) is 3.34. The summed E-state index contributed by atoms with van der Waals surface area (Å²) in [5, 5.41) is 0. The number of benzene rings is 2. The first-order valence-electron chi connectivity index (χ1n) is 6.69. The quantitative estimate of drug-likeness (QED) is 0.764. The lowest BCUT2D eigenvalue weighted by molar-refractivity contribution is 0.103. The topological polar surface area (TPSA) is 44.8 Å². The van der Waals surface area contributed by atoms with E-state index in [4.69, 9.17) is 14.2 Å². The zero-order valence-corrected chi connectivity index (χ0v) is 12.4. The first-order valence-corrected chi connectivity index (χ1v) is 6.69. The molecule has 110 valence electrons. The summed E-state index contributed by atoms with van der Waals surface area (Å²) in [7, 11) is 3.14. The van der Waals surface area contributed by atoms with E-state index in [-0.39, 0.29) is 5.78 Å². The van der Waals surface area contributed by atoms with E-state index >= 15 is 0 Å². The number of carbonyl (C=O) groups excluding carboxylic acids is 1. The van der Waals surface area contributed by atoms with Crippen molar-refractivity contribution in [1.29, 1.82) is 0 Å². The molecule has 21 heavy (non-hydrogen) atoms. The van der Waals surface area contributed by atoms with Crippen LogP contribution in [-0.2, 0) is 0 Å².